The molecule has 2 N–H and O–H groups in total. The Morgan fingerprint density at radius 2 is 1.67 bits per heavy atom. The molecule has 0 saturated heterocycles. The maximum Gasteiger partial charge on any atom is 0.0937 e. The van der Waals surface area contributed by atoms with E-state index >= 15 is 0 Å². The van der Waals surface area contributed by atoms with Gasteiger partial charge in [-0.3, -0.25) is 4.98 Å². The number of nitrogen functional groups attached to an aromatic ring is 1. The molecule has 0 aliphatic heterocycles. The molecule has 18 heavy (non-hydrogen) atoms. The molecule has 0 aliphatic rings. The van der Waals surface area contributed by atoms with E-state index in [9.17, 15) is 0 Å². The zero-order chi connectivity index (χ0) is 12.5. The zero-order valence-electron chi connectivity index (χ0n) is 10.2. The number of benzene rings is 2. The lowest BCUT2D eigenvalue weighted by atomic mass is 9.97. The largest absolute Gasteiger partial charge is 0.397 e. The summed E-state index contributed by atoms with van der Waals surface area (Å²) in [5.41, 5.74) is 9.95. The molecule has 0 aliphatic carbocycles. The number of pyridine rings is 1. The lowest BCUT2D eigenvalue weighted by Crippen LogP contribution is -1.93. The quantitative estimate of drug-likeness (QED) is 0.695. The fourth-order valence-electron chi connectivity index (χ4n) is 2.30. The predicted molar refractivity (Wildman–Crippen MR) is 76.3 cm³/mol. The fraction of sp³-hybridized carbons (Fsp3) is 0.0625. The summed E-state index contributed by atoms with van der Waals surface area (Å²) in [6, 6.07) is 16.3. The number of hydrogen-bond acceptors (Lipinski definition) is 2. The normalized spacial score (nSPS) is 10.7. The maximum absolute atomic E-state index is 6.02. The molecule has 3 aromatic rings. The van der Waals surface area contributed by atoms with Gasteiger partial charge in [-0.15, -0.1) is 0 Å². The highest BCUT2D eigenvalue weighted by molar-refractivity contribution is 5.99. The van der Waals surface area contributed by atoms with Crippen molar-refractivity contribution in [3.05, 3.63) is 60.3 Å². The van der Waals surface area contributed by atoms with Gasteiger partial charge in [-0.1, -0.05) is 36.4 Å². The summed E-state index contributed by atoms with van der Waals surface area (Å²) in [4.78, 5) is 4.40. The minimum absolute atomic E-state index is 0.714. The minimum atomic E-state index is 0.714. The number of aromatic nitrogens is 1. The van der Waals surface area contributed by atoms with E-state index in [1.54, 1.807) is 6.20 Å². The van der Waals surface area contributed by atoms with Gasteiger partial charge in [0, 0.05) is 11.8 Å². The van der Waals surface area contributed by atoms with Crippen molar-refractivity contribution in [3.8, 4) is 11.3 Å². The van der Waals surface area contributed by atoms with Gasteiger partial charge in [0.1, 0.15) is 0 Å². The molecule has 88 valence electrons. The molecule has 0 unspecified atom stereocenters. The Bertz CT molecular complexity index is 717. The third-order valence-corrected chi connectivity index (χ3v) is 3.24. The van der Waals surface area contributed by atoms with E-state index in [2.05, 4.69) is 42.2 Å². The predicted octanol–water partition coefficient (Wildman–Crippen LogP) is 3.79. The third kappa shape index (κ3) is 1.63. The molecule has 0 radical (unpaired) electrons. The lowest BCUT2D eigenvalue weighted by Gasteiger charge is -2.10. The zero-order valence-corrected chi connectivity index (χ0v) is 10.2. The number of hydrogen-bond donors (Lipinski definition) is 1. The summed E-state index contributed by atoms with van der Waals surface area (Å²) in [5, 5.41) is 2.45. The van der Waals surface area contributed by atoms with Crippen LogP contribution < -0.4 is 5.73 Å². The molecular weight excluding hydrogens is 220 g/mol. The third-order valence-electron chi connectivity index (χ3n) is 3.24. The maximum atomic E-state index is 6.02. The van der Waals surface area contributed by atoms with Crippen molar-refractivity contribution in [3.63, 3.8) is 0 Å². The summed E-state index contributed by atoms with van der Waals surface area (Å²) in [6.07, 6.45) is 1.78. The van der Waals surface area contributed by atoms with Crippen molar-refractivity contribution >= 4 is 16.5 Å². The van der Waals surface area contributed by atoms with E-state index < -0.39 is 0 Å². The molecule has 2 nitrogen and oxygen atoms in total. The monoisotopic (exact) mass is 234 g/mol. The van der Waals surface area contributed by atoms with Crippen LogP contribution in [0.15, 0.2) is 54.7 Å². The molecular formula is C16H14N2. The summed E-state index contributed by atoms with van der Waals surface area (Å²) < 4.78 is 0. The van der Waals surface area contributed by atoms with Crippen molar-refractivity contribution in [2.24, 2.45) is 0 Å². The lowest BCUT2D eigenvalue weighted by molar-refractivity contribution is 1.33. The van der Waals surface area contributed by atoms with Gasteiger partial charge in [-0.2, -0.15) is 0 Å². The van der Waals surface area contributed by atoms with Crippen LogP contribution >= 0.6 is 0 Å². The van der Waals surface area contributed by atoms with Gasteiger partial charge in [0.25, 0.3) is 0 Å². The highest BCUT2D eigenvalue weighted by Gasteiger charge is 2.08. The second-order valence-electron chi connectivity index (χ2n) is 4.42. The van der Waals surface area contributed by atoms with Crippen LogP contribution in [-0.2, 0) is 0 Å². The number of nitrogens with two attached hydrogens (primary N) is 1. The molecule has 1 aromatic heterocycles. The smallest absolute Gasteiger partial charge is 0.0937 e. The Morgan fingerprint density at radius 3 is 2.44 bits per heavy atom. The molecule has 2 heteroatoms. The Morgan fingerprint density at radius 1 is 0.889 bits per heavy atom. The number of aryl methyl sites for hydroxylation is 1. The van der Waals surface area contributed by atoms with Crippen LogP contribution in [0.5, 0.6) is 0 Å². The van der Waals surface area contributed by atoms with Gasteiger partial charge in [0.15, 0.2) is 0 Å². The van der Waals surface area contributed by atoms with Crippen molar-refractivity contribution in [2.45, 2.75) is 6.92 Å². The Labute approximate surface area is 106 Å². The van der Waals surface area contributed by atoms with E-state index in [0.717, 1.165) is 11.3 Å². The SMILES string of the molecule is Cc1ccc(-c2ncccc2N)c2ccccc12. The fourth-order valence-corrected chi connectivity index (χ4v) is 2.30. The van der Waals surface area contributed by atoms with Crippen LogP contribution in [0, 0.1) is 6.92 Å². The van der Waals surface area contributed by atoms with Crippen molar-refractivity contribution in [2.75, 3.05) is 5.73 Å². The van der Waals surface area contributed by atoms with Gasteiger partial charge in [-0.05, 0) is 35.4 Å². The van der Waals surface area contributed by atoms with Crippen LogP contribution in [0.1, 0.15) is 5.56 Å². The highest BCUT2D eigenvalue weighted by atomic mass is 14.7. The standard InChI is InChI=1S/C16H14N2/c1-11-8-9-14(13-6-3-2-5-12(11)13)16-15(17)7-4-10-18-16/h2-10H,17H2,1H3. The number of anilines is 1. The van der Waals surface area contributed by atoms with E-state index in [-0.39, 0.29) is 0 Å². The topological polar surface area (TPSA) is 38.9 Å². The van der Waals surface area contributed by atoms with Crippen molar-refractivity contribution < 1.29 is 0 Å². The first-order valence-corrected chi connectivity index (χ1v) is 5.96. The van der Waals surface area contributed by atoms with Crippen LogP contribution in [0.25, 0.3) is 22.0 Å². The summed E-state index contributed by atoms with van der Waals surface area (Å²) in [5.74, 6) is 0. The van der Waals surface area contributed by atoms with Gasteiger partial charge in [0.05, 0.1) is 11.4 Å². The molecule has 0 atom stereocenters. The van der Waals surface area contributed by atoms with Gasteiger partial charge >= 0.3 is 0 Å². The second kappa shape index (κ2) is 4.15. The first-order chi connectivity index (χ1) is 8.77. The van der Waals surface area contributed by atoms with Crippen LogP contribution in [0.4, 0.5) is 5.69 Å². The Kier molecular flexibility index (Phi) is 2.49. The van der Waals surface area contributed by atoms with E-state index in [0.29, 0.717) is 5.69 Å². The summed E-state index contributed by atoms with van der Waals surface area (Å²) in [6.45, 7) is 2.12. The average molecular weight is 234 g/mol. The molecule has 0 bridgehead atoms. The van der Waals surface area contributed by atoms with E-state index in [4.69, 9.17) is 5.73 Å². The van der Waals surface area contributed by atoms with Crippen LogP contribution in [0.2, 0.25) is 0 Å². The molecule has 0 amide bonds. The van der Waals surface area contributed by atoms with Crippen molar-refractivity contribution in [1.82, 2.24) is 4.98 Å². The van der Waals surface area contributed by atoms with Gasteiger partial charge in [-0.25, -0.2) is 0 Å². The average Bonchev–Trinajstić information content (AvgIpc) is 2.41. The first-order valence-electron chi connectivity index (χ1n) is 5.96. The van der Waals surface area contributed by atoms with Crippen LogP contribution in [0.3, 0.4) is 0 Å². The molecule has 0 saturated carbocycles. The first kappa shape index (κ1) is 10.8. The molecule has 0 spiro atoms. The minimum Gasteiger partial charge on any atom is -0.397 e. The van der Waals surface area contributed by atoms with Gasteiger partial charge in [0.2, 0.25) is 0 Å². The number of nitrogens with zero attached hydrogens (tertiary/aromatic N) is 1. The Balaban J connectivity index is 2.38. The van der Waals surface area contributed by atoms with Crippen LogP contribution in [-0.4, -0.2) is 4.98 Å². The Hall–Kier alpha value is -2.35. The van der Waals surface area contributed by atoms with E-state index in [1.165, 1.54) is 16.3 Å². The summed E-state index contributed by atoms with van der Waals surface area (Å²) >= 11 is 0. The molecule has 1 heterocycles. The highest BCUT2D eigenvalue weighted by Crippen LogP contribution is 2.31. The molecule has 3 rings (SSSR count). The van der Waals surface area contributed by atoms with Crippen molar-refractivity contribution in [1.29, 1.82) is 0 Å². The molecule has 2 aromatic carbocycles. The second-order valence-corrected chi connectivity index (χ2v) is 4.42. The number of fused-ring (bicyclic) bond motifs is 1. The molecule has 0 fully saturated rings. The number of rotatable bonds is 1. The van der Waals surface area contributed by atoms with E-state index in [1.807, 2.05) is 18.2 Å². The van der Waals surface area contributed by atoms with Gasteiger partial charge < -0.3 is 5.73 Å². The summed E-state index contributed by atoms with van der Waals surface area (Å²) in [7, 11) is 0.